The Morgan fingerprint density at radius 1 is 0.774 bits per heavy atom. The summed E-state index contributed by atoms with van der Waals surface area (Å²) in [6.07, 6.45) is 13.1. The van der Waals surface area contributed by atoms with Crippen LogP contribution in [-0.2, 0) is 47.1 Å². The van der Waals surface area contributed by atoms with Gasteiger partial charge >= 0.3 is 0 Å². The first-order valence-corrected chi connectivity index (χ1v) is 31.3. The van der Waals surface area contributed by atoms with Gasteiger partial charge in [0.1, 0.15) is 25.1 Å². The van der Waals surface area contributed by atoms with Crippen molar-refractivity contribution >= 4 is 22.1 Å². The normalized spacial score (nSPS) is 18.2. The molecule has 3 fully saturated rings. The van der Waals surface area contributed by atoms with E-state index in [9.17, 15) is 4.79 Å². The molecule has 346 valence electrons. The van der Waals surface area contributed by atoms with Crippen LogP contribution in [0.4, 0.5) is 0 Å². The number of carbonyl (C=O) groups excluding carboxylic acids is 1. The molecule has 3 aliphatic rings. The van der Waals surface area contributed by atoms with Gasteiger partial charge in [-0.25, -0.2) is 9.97 Å². The molecule has 62 heavy (non-hydrogen) atoms. The fraction of sp³-hybridized carbons (Fsp3) is 0.729. The number of hydrogen-bond acceptors (Lipinski definition) is 9. The Morgan fingerprint density at radius 2 is 1.32 bits per heavy atom. The van der Waals surface area contributed by atoms with Crippen LogP contribution in [0.25, 0.3) is 0 Å². The van der Waals surface area contributed by atoms with Crippen molar-refractivity contribution in [3.8, 4) is 0 Å². The van der Waals surface area contributed by atoms with Gasteiger partial charge < -0.3 is 33.1 Å². The van der Waals surface area contributed by atoms with Crippen LogP contribution in [0.2, 0.25) is 51.4 Å². The molecule has 2 aromatic heterocycles. The van der Waals surface area contributed by atoms with Crippen LogP contribution in [0.15, 0.2) is 49.1 Å². The van der Waals surface area contributed by atoms with Gasteiger partial charge in [0.15, 0.2) is 0 Å². The van der Waals surface area contributed by atoms with Crippen molar-refractivity contribution in [1.82, 2.24) is 38.7 Å². The molecule has 5 heterocycles. The molecular formula is C48H82N8O4Si2. The largest absolute Gasteiger partial charge is 0.379 e. The zero-order chi connectivity index (χ0) is 44.2. The first-order valence-electron chi connectivity index (χ1n) is 23.9. The second kappa shape index (κ2) is 23.0. The Hall–Kier alpha value is -2.70. The molecule has 6 rings (SSSR count). The van der Waals surface area contributed by atoms with E-state index < -0.39 is 16.1 Å². The molecule has 14 heteroatoms. The number of likely N-dealkylation sites (tertiary alicyclic amines) is 2. The van der Waals surface area contributed by atoms with Gasteiger partial charge in [-0.1, -0.05) is 65.3 Å². The maximum Gasteiger partial charge on any atom is 0.253 e. The van der Waals surface area contributed by atoms with Crippen LogP contribution < -0.4 is 0 Å². The van der Waals surface area contributed by atoms with Crippen LogP contribution in [0, 0.1) is 17.3 Å². The number of rotatable bonds is 24. The highest BCUT2D eigenvalue weighted by Crippen LogP contribution is 2.41. The van der Waals surface area contributed by atoms with Gasteiger partial charge in [-0.15, -0.1) is 0 Å². The number of aromatic nitrogens is 4. The number of benzene rings is 1. The van der Waals surface area contributed by atoms with Gasteiger partial charge in [0.2, 0.25) is 0 Å². The zero-order valence-corrected chi connectivity index (χ0v) is 42.0. The molecule has 3 saturated heterocycles. The summed E-state index contributed by atoms with van der Waals surface area (Å²) in [4.78, 5) is 34.3. The lowest BCUT2D eigenvalue weighted by Crippen LogP contribution is -2.45. The van der Waals surface area contributed by atoms with Crippen molar-refractivity contribution in [2.45, 2.75) is 117 Å². The number of imidazole rings is 2. The Labute approximate surface area is 376 Å². The maximum absolute atomic E-state index is 14.7. The van der Waals surface area contributed by atoms with Crippen molar-refractivity contribution in [1.29, 1.82) is 0 Å². The predicted molar refractivity (Wildman–Crippen MR) is 256 cm³/mol. The van der Waals surface area contributed by atoms with Crippen LogP contribution in [-0.4, -0.2) is 153 Å². The van der Waals surface area contributed by atoms with E-state index in [1.165, 1.54) is 51.0 Å². The van der Waals surface area contributed by atoms with Crippen LogP contribution >= 0.6 is 0 Å². The highest BCUT2D eigenvalue weighted by molar-refractivity contribution is 6.76. The number of nitrogens with zero attached hydrogens (tertiary/aromatic N) is 8. The Kier molecular flexibility index (Phi) is 18.1. The van der Waals surface area contributed by atoms with Crippen molar-refractivity contribution < 1.29 is 19.0 Å². The van der Waals surface area contributed by atoms with E-state index in [1.54, 1.807) is 0 Å². The minimum absolute atomic E-state index is 0.0638. The SMILES string of the molecule is CC(C)CN1CCC2(CC1)CCN(Cc1ccc(C(=O)N(CCN3CCOCC3)CC(Cc3nccn3COCC[Si](C)(C)C)Cc3nccn3COCC[Si](C)(C)C)cc1)C2. The summed E-state index contributed by atoms with van der Waals surface area (Å²) in [5.74, 6) is 2.82. The van der Waals surface area contributed by atoms with E-state index >= 15 is 0 Å². The Bertz CT molecular complexity index is 1710. The van der Waals surface area contributed by atoms with Crippen molar-refractivity contribution in [2.75, 3.05) is 91.9 Å². The average molecular weight is 891 g/mol. The molecule has 1 spiro atoms. The van der Waals surface area contributed by atoms with Gasteiger partial charge in [-0.05, 0) is 85.9 Å². The van der Waals surface area contributed by atoms with Crippen molar-refractivity contribution in [3.63, 3.8) is 0 Å². The molecule has 1 aromatic carbocycles. The Morgan fingerprint density at radius 3 is 1.85 bits per heavy atom. The smallest absolute Gasteiger partial charge is 0.253 e. The molecule has 0 unspecified atom stereocenters. The zero-order valence-electron chi connectivity index (χ0n) is 40.0. The number of carbonyl (C=O) groups is 1. The number of amides is 1. The number of ether oxygens (including phenoxy) is 3. The third kappa shape index (κ3) is 15.8. The summed E-state index contributed by atoms with van der Waals surface area (Å²) in [6.45, 7) is 33.7. The minimum Gasteiger partial charge on any atom is -0.379 e. The van der Waals surface area contributed by atoms with E-state index in [0.29, 0.717) is 44.8 Å². The van der Waals surface area contributed by atoms with Gasteiger partial charge in [0, 0.05) is 125 Å². The molecule has 1 amide bonds. The molecule has 0 aliphatic carbocycles. The topological polar surface area (TPSA) is 93.4 Å². The highest BCUT2D eigenvalue weighted by atomic mass is 28.3. The monoisotopic (exact) mass is 891 g/mol. The molecule has 3 aliphatic heterocycles. The van der Waals surface area contributed by atoms with Gasteiger partial charge in [-0.3, -0.25) is 14.6 Å². The van der Waals surface area contributed by atoms with E-state index in [-0.39, 0.29) is 11.8 Å². The molecule has 3 aromatic rings. The number of piperidine rings is 1. The van der Waals surface area contributed by atoms with Crippen LogP contribution in [0.3, 0.4) is 0 Å². The second-order valence-electron chi connectivity index (χ2n) is 21.7. The first kappa shape index (κ1) is 48.8. The standard InChI is InChI=1S/C48H82N8O4Si2/c1-41(2)35-52-18-13-48(14-19-52)15-20-53(38-48)36-42-9-11-44(12-10-42)47(57)54(24-23-51-25-27-58-28-26-51)37-43(33-45-49-16-21-55(45)39-59-29-31-61(3,4)5)34-46-50-17-22-56(46)40-60-30-32-62(6,7)8/h9-12,16-17,21-22,41,43H,13-15,18-20,23-40H2,1-8H3. The van der Waals surface area contributed by atoms with Crippen molar-refractivity contribution in [3.05, 3.63) is 71.8 Å². The summed E-state index contributed by atoms with van der Waals surface area (Å²) in [5, 5.41) is 0. The fourth-order valence-electron chi connectivity index (χ4n) is 9.26. The number of morpholine rings is 1. The molecule has 0 atom stereocenters. The molecular weight excluding hydrogens is 809 g/mol. The second-order valence-corrected chi connectivity index (χ2v) is 32.9. The predicted octanol–water partition coefficient (Wildman–Crippen LogP) is 7.52. The van der Waals surface area contributed by atoms with E-state index in [0.717, 1.165) is 94.4 Å². The van der Waals surface area contributed by atoms with Crippen LogP contribution in [0.1, 0.15) is 60.7 Å². The van der Waals surface area contributed by atoms with Gasteiger partial charge in [0.25, 0.3) is 5.91 Å². The van der Waals surface area contributed by atoms with Crippen molar-refractivity contribution in [2.24, 2.45) is 17.3 Å². The third-order valence-electron chi connectivity index (χ3n) is 13.2. The maximum atomic E-state index is 14.7. The van der Waals surface area contributed by atoms with E-state index in [1.807, 2.05) is 24.8 Å². The lowest BCUT2D eigenvalue weighted by atomic mass is 9.77. The fourth-order valence-corrected chi connectivity index (χ4v) is 10.8. The molecule has 0 bridgehead atoms. The summed E-state index contributed by atoms with van der Waals surface area (Å²) in [5.41, 5.74) is 2.50. The summed E-state index contributed by atoms with van der Waals surface area (Å²) in [7, 11) is -2.41. The highest BCUT2D eigenvalue weighted by Gasteiger charge is 2.40. The lowest BCUT2D eigenvalue weighted by molar-refractivity contribution is 0.0314. The number of hydrogen-bond donors (Lipinski definition) is 0. The van der Waals surface area contributed by atoms with E-state index in [4.69, 9.17) is 24.2 Å². The first-order chi connectivity index (χ1) is 29.6. The molecule has 0 N–H and O–H groups in total. The summed E-state index contributed by atoms with van der Waals surface area (Å²) < 4.78 is 22.4. The summed E-state index contributed by atoms with van der Waals surface area (Å²) >= 11 is 0. The summed E-state index contributed by atoms with van der Waals surface area (Å²) in [6, 6.07) is 10.8. The van der Waals surface area contributed by atoms with E-state index in [2.05, 4.69) is 106 Å². The molecule has 12 nitrogen and oxygen atoms in total. The van der Waals surface area contributed by atoms with Gasteiger partial charge in [-0.2, -0.15) is 0 Å². The van der Waals surface area contributed by atoms with Gasteiger partial charge in [0.05, 0.1) is 13.2 Å². The average Bonchev–Trinajstić information content (AvgIpc) is 3.97. The van der Waals surface area contributed by atoms with Crippen LogP contribution in [0.5, 0.6) is 0 Å². The Balaban J connectivity index is 1.16. The molecule has 0 radical (unpaired) electrons. The third-order valence-corrected chi connectivity index (χ3v) is 16.6. The molecule has 0 saturated carbocycles. The quantitative estimate of drug-likeness (QED) is 0.0669. The minimum atomic E-state index is -1.21. The lowest BCUT2D eigenvalue weighted by Gasteiger charge is -2.40.